The standard InChI is InChI=1S/C14H21FN2/c1-2-17(12-7-5-6-11(16)10-12)14-9-4-3-8-13(14)15/h3-4,8-9,11-12H,2,5-7,10,16H2,1H3. The maximum Gasteiger partial charge on any atom is 0.146 e. The van der Waals surface area contributed by atoms with Crippen molar-refractivity contribution >= 4 is 5.69 Å². The molecule has 3 heteroatoms. The minimum atomic E-state index is -0.131. The van der Waals surface area contributed by atoms with Crippen molar-refractivity contribution in [2.24, 2.45) is 5.73 Å². The monoisotopic (exact) mass is 236 g/mol. The van der Waals surface area contributed by atoms with E-state index in [1.807, 2.05) is 12.1 Å². The maximum absolute atomic E-state index is 13.8. The number of para-hydroxylation sites is 1. The highest BCUT2D eigenvalue weighted by molar-refractivity contribution is 5.48. The fourth-order valence-electron chi connectivity index (χ4n) is 2.79. The summed E-state index contributed by atoms with van der Waals surface area (Å²) in [4.78, 5) is 2.16. The van der Waals surface area contributed by atoms with Gasteiger partial charge in [-0.2, -0.15) is 0 Å². The number of nitrogens with zero attached hydrogens (tertiary/aromatic N) is 1. The summed E-state index contributed by atoms with van der Waals surface area (Å²) in [5.74, 6) is -0.131. The van der Waals surface area contributed by atoms with Crippen LogP contribution in [0.25, 0.3) is 0 Å². The van der Waals surface area contributed by atoms with Crippen LogP contribution in [-0.2, 0) is 0 Å². The number of nitrogens with two attached hydrogens (primary N) is 1. The summed E-state index contributed by atoms with van der Waals surface area (Å²) in [7, 11) is 0. The van der Waals surface area contributed by atoms with Gasteiger partial charge >= 0.3 is 0 Å². The number of benzene rings is 1. The van der Waals surface area contributed by atoms with Gasteiger partial charge in [0.05, 0.1) is 5.69 Å². The number of anilines is 1. The number of hydrogen-bond donors (Lipinski definition) is 1. The van der Waals surface area contributed by atoms with E-state index in [1.165, 1.54) is 6.07 Å². The van der Waals surface area contributed by atoms with Crippen LogP contribution in [0.15, 0.2) is 24.3 Å². The predicted octanol–water partition coefficient (Wildman–Crippen LogP) is 2.92. The largest absolute Gasteiger partial charge is 0.366 e. The van der Waals surface area contributed by atoms with E-state index in [0.29, 0.717) is 11.7 Å². The fourth-order valence-corrected chi connectivity index (χ4v) is 2.79. The molecule has 2 atom stereocenters. The smallest absolute Gasteiger partial charge is 0.146 e. The molecule has 0 bridgehead atoms. The SMILES string of the molecule is CCN(c1ccccc1F)C1CCCC(N)C1. The van der Waals surface area contributed by atoms with Crippen LogP contribution < -0.4 is 10.6 Å². The Balaban J connectivity index is 2.18. The van der Waals surface area contributed by atoms with Crippen molar-refractivity contribution in [2.75, 3.05) is 11.4 Å². The summed E-state index contributed by atoms with van der Waals surface area (Å²) in [5.41, 5.74) is 6.73. The van der Waals surface area contributed by atoms with E-state index >= 15 is 0 Å². The summed E-state index contributed by atoms with van der Waals surface area (Å²) in [5, 5.41) is 0. The van der Waals surface area contributed by atoms with E-state index in [0.717, 1.165) is 32.2 Å². The van der Waals surface area contributed by atoms with Crippen molar-refractivity contribution in [1.29, 1.82) is 0 Å². The third-order valence-electron chi connectivity index (χ3n) is 3.63. The lowest BCUT2D eigenvalue weighted by atomic mass is 9.90. The summed E-state index contributed by atoms with van der Waals surface area (Å²) in [6.45, 7) is 2.91. The molecule has 1 fully saturated rings. The fraction of sp³-hybridized carbons (Fsp3) is 0.571. The van der Waals surface area contributed by atoms with E-state index in [9.17, 15) is 4.39 Å². The number of hydrogen-bond acceptors (Lipinski definition) is 2. The van der Waals surface area contributed by atoms with Crippen molar-refractivity contribution in [3.05, 3.63) is 30.1 Å². The Hall–Kier alpha value is -1.09. The molecule has 0 aromatic heterocycles. The molecule has 94 valence electrons. The van der Waals surface area contributed by atoms with Crippen LogP contribution in [0.5, 0.6) is 0 Å². The molecule has 1 aromatic carbocycles. The van der Waals surface area contributed by atoms with Gasteiger partial charge in [-0.05, 0) is 44.7 Å². The van der Waals surface area contributed by atoms with E-state index in [1.54, 1.807) is 6.07 Å². The third-order valence-corrected chi connectivity index (χ3v) is 3.63. The van der Waals surface area contributed by atoms with Gasteiger partial charge in [0.15, 0.2) is 0 Å². The van der Waals surface area contributed by atoms with Gasteiger partial charge in [-0.15, -0.1) is 0 Å². The molecule has 0 aliphatic heterocycles. The Morgan fingerprint density at radius 1 is 1.35 bits per heavy atom. The minimum absolute atomic E-state index is 0.131. The zero-order chi connectivity index (χ0) is 12.3. The lowest BCUT2D eigenvalue weighted by Gasteiger charge is -2.37. The Morgan fingerprint density at radius 2 is 2.12 bits per heavy atom. The second-order valence-electron chi connectivity index (χ2n) is 4.82. The van der Waals surface area contributed by atoms with Crippen molar-refractivity contribution in [3.63, 3.8) is 0 Å². The number of rotatable bonds is 3. The summed E-state index contributed by atoms with van der Waals surface area (Å²) < 4.78 is 13.8. The van der Waals surface area contributed by atoms with Crippen LogP contribution in [0.1, 0.15) is 32.6 Å². The summed E-state index contributed by atoms with van der Waals surface area (Å²) in [6.07, 6.45) is 4.35. The second kappa shape index (κ2) is 5.50. The molecule has 0 amide bonds. The highest BCUT2D eigenvalue weighted by Gasteiger charge is 2.25. The van der Waals surface area contributed by atoms with Gasteiger partial charge in [0.1, 0.15) is 5.82 Å². The van der Waals surface area contributed by atoms with E-state index in [-0.39, 0.29) is 11.9 Å². The first kappa shape index (κ1) is 12.4. The van der Waals surface area contributed by atoms with Crippen molar-refractivity contribution < 1.29 is 4.39 Å². The average molecular weight is 236 g/mol. The maximum atomic E-state index is 13.8. The Labute approximate surface area is 103 Å². The normalized spacial score (nSPS) is 24.6. The summed E-state index contributed by atoms with van der Waals surface area (Å²) in [6, 6.07) is 7.68. The van der Waals surface area contributed by atoms with Crippen molar-refractivity contribution in [1.82, 2.24) is 0 Å². The molecule has 1 saturated carbocycles. The molecule has 0 heterocycles. The lowest BCUT2D eigenvalue weighted by Crippen LogP contribution is -2.43. The van der Waals surface area contributed by atoms with Gasteiger partial charge in [0.25, 0.3) is 0 Å². The van der Waals surface area contributed by atoms with Crippen LogP contribution >= 0.6 is 0 Å². The average Bonchev–Trinajstić information content (AvgIpc) is 2.33. The molecule has 2 N–H and O–H groups in total. The Morgan fingerprint density at radius 3 is 2.76 bits per heavy atom. The molecule has 2 unspecified atom stereocenters. The highest BCUT2D eigenvalue weighted by Crippen LogP contribution is 2.28. The lowest BCUT2D eigenvalue weighted by molar-refractivity contribution is 0.373. The van der Waals surface area contributed by atoms with Gasteiger partial charge in [-0.1, -0.05) is 12.1 Å². The van der Waals surface area contributed by atoms with Gasteiger partial charge < -0.3 is 10.6 Å². The summed E-state index contributed by atoms with van der Waals surface area (Å²) >= 11 is 0. The van der Waals surface area contributed by atoms with Crippen LogP contribution in [0.3, 0.4) is 0 Å². The Bertz CT molecular complexity index is 367. The van der Waals surface area contributed by atoms with Crippen LogP contribution in [0.4, 0.5) is 10.1 Å². The third kappa shape index (κ3) is 2.78. The van der Waals surface area contributed by atoms with E-state index in [2.05, 4.69) is 11.8 Å². The molecule has 1 aliphatic carbocycles. The predicted molar refractivity (Wildman–Crippen MR) is 69.7 cm³/mol. The highest BCUT2D eigenvalue weighted by atomic mass is 19.1. The zero-order valence-corrected chi connectivity index (χ0v) is 10.4. The molecule has 0 radical (unpaired) electrons. The minimum Gasteiger partial charge on any atom is -0.366 e. The molecule has 2 nitrogen and oxygen atoms in total. The first-order chi connectivity index (χ1) is 8.22. The van der Waals surface area contributed by atoms with Crippen molar-refractivity contribution in [2.45, 2.75) is 44.7 Å². The van der Waals surface area contributed by atoms with Gasteiger partial charge in [0.2, 0.25) is 0 Å². The molecular weight excluding hydrogens is 215 g/mol. The van der Waals surface area contributed by atoms with Crippen LogP contribution in [0.2, 0.25) is 0 Å². The van der Waals surface area contributed by atoms with Crippen LogP contribution in [-0.4, -0.2) is 18.6 Å². The van der Waals surface area contributed by atoms with E-state index < -0.39 is 0 Å². The van der Waals surface area contributed by atoms with Crippen molar-refractivity contribution in [3.8, 4) is 0 Å². The van der Waals surface area contributed by atoms with Gasteiger partial charge in [0, 0.05) is 18.6 Å². The molecule has 17 heavy (non-hydrogen) atoms. The second-order valence-corrected chi connectivity index (χ2v) is 4.82. The molecule has 1 aromatic rings. The molecular formula is C14H21FN2. The van der Waals surface area contributed by atoms with Crippen LogP contribution in [0, 0.1) is 5.82 Å². The molecule has 1 aliphatic rings. The first-order valence-corrected chi connectivity index (χ1v) is 6.49. The Kier molecular flexibility index (Phi) is 4.00. The molecule has 2 rings (SSSR count). The number of halogens is 1. The topological polar surface area (TPSA) is 29.3 Å². The zero-order valence-electron chi connectivity index (χ0n) is 10.4. The first-order valence-electron chi connectivity index (χ1n) is 6.49. The van der Waals surface area contributed by atoms with Gasteiger partial charge in [-0.3, -0.25) is 0 Å². The molecule has 0 saturated heterocycles. The quantitative estimate of drug-likeness (QED) is 0.874. The van der Waals surface area contributed by atoms with Gasteiger partial charge in [-0.25, -0.2) is 4.39 Å². The van der Waals surface area contributed by atoms with E-state index in [4.69, 9.17) is 5.73 Å². The molecule has 0 spiro atoms.